The van der Waals surface area contributed by atoms with Crippen LogP contribution in [-0.4, -0.2) is 50.9 Å². The van der Waals surface area contributed by atoms with Crippen LogP contribution < -0.4 is 0 Å². The molecule has 3 heterocycles. The summed E-state index contributed by atoms with van der Waals surface area (Å²) >= 11 is 0. The highest BCUT2D eigenvalue weighted by atomic mass is 16.4. The number of allylic oxidation sites excluding steroid dienone is 1. The fourth-order valence-electron chi connectivity index (χ4n) is 6.19. The number of hydrogen-bond acceptors (Lipinski definition) is 5. The van der Waals surface area contributed by atoms with Gasteiger partial charge in [-0.05, 0) is 68.0 Å². The minimum atomic E-state index is 0.280. The van der Waals surface area contributed by atoms with Crippen LogP contribution >= 0.6 is 0 Å². The Morgan fingerprint density at radius 3 is 2.85 bits per heavy atom. The summed E-state index contributed by atoms with van der Waals surface area (Å²) in [5.41, 5.74) is 3.76. The Kier molecular flexibility index (Phi) is 6.89. The number of nitrogens with zero attached hydrogens (tertiary/aromatic N) is 3. The molecule has 1 saturated heterocycles. The van der Waals surface area contributed by atoms with Gasteiger partial charge >= 0.3 is 0 Å². The Labute approximate surface area is 202 Å². The van der Waals surface area contributed by atoms with Crippen molar-refractivity contribution >= 4 is 10.9 Å². The zero-order valence-corrected chi connectivity index (χ0v) is 20.7. The summed E-state index contributed by atoms with van der Waals surface area (Å²) < 4.78 is 6.12. The number of rotatable bonds is 8. The van der Waals surface area contributed by atoms with Gasteiger partial charge in [-0.2, -0.15) is 0 Å². The fourth-order valence-corrected chi connectivity index (χ4v) is 6.19. The van der Waals surface area contributed by atoms with E-state index in [1.54, 1.807) is 0 Å². The molecular weight excluding hydrogens is 424 g/mol. The van der Waals surface area contributed by atoms with Gasteiger partial charge in [-0.25, -0.2) is 0 Å². The van der Waals surface area contributed by atoms with E-state index in [-0.39, 0.29) is 6.61 Å². The minimum absolute atomic E-state index is 0.280. The third-order valence-electron chi connectivity index (χ3n) is 8.19. The summed E-state index contributed by atoms with van der Waals surface area (Å²) in [5.74, 6) is 3.66. The number of likely N-dealkylation sites (tertiary alicyclic amines) is 1. The average Bonchev–Trinajstić information content (AvgIpc) is 3.56. The number of nitrogens with one attached hydrogen (secondary N) is 1. The van der Waals surface area contributed by atoms with Gasteiger partial charge in [-0.15, -0.1) is 10.2 Å². The number of aliphatic hydroxyl groups excluding tert-OH is 1. The lowest BCUT2D eigenvalue weighted by atomic mass is 9.69. The van der Waals surface area contributed by atoms with Crippen molar-refractivity contribution in [3.63, 3.8) is 0 Å². The Hall–Kier alpha value is -2.44. The van der Waals surface area contributed by atoms with Crippen LogP contribution in [0.4, 0.5) is 0 Å². The summed E-state index contributed by atoms with van der Waals surface area (Å²) in [5, 5.41) is 19.7. The van der Waals surface area contributed by atoms with E-state index in [1.807, 2.05) is 12.3 Å². The quantitative estimate of drug-likeness (QED) is 0.461. The van der Waals surface area contributed by atoms with E-state index in [9.17, 15) is 5.11 Å². The van der Waals surface area contributed by atoms with E-state index in [0.717, 1.165) is 43.8 Å². The molecule has 182 valence electrons. The van der Waals surface area contributed by atoms with E-state index < -0.39 is 0 Å². The molecule has 0 amide bonds. The van der Waals surface area contributed by atoms with Crippen LogP contribution in [0.5, 0.6) is 0 Å². The molecule has 4 atom stereocenters. The largest absolute Gasteiger partial charge is 0.425 e. The molecule has 0 radical (unpaired) electrons. The Morgan fingerprint density at radius 1 is 1.21 bits per heavy atom. The second-order valence-electron chi connectivity index (χ2n) is 10.7. The predicted molar refractivity (Wildman–Crippen MR) is 134 cm³/mol. The number of benzene rings is 1. The molecule has 1 aromatic carbocycles. The van der Waals surface area contributed by atoms with E-state index in [1.165, 1.54) is 22.9 Å². The maximum absolute atomic E-state index is 9.75. The number of hydrogen-bond donors (Lipinski definition) is 2. The van der Waals surface area contributed by atoms with Crippen LogP contribution in [-0.2, 0) is 12.8 Å². The first-order valence-electron chi connectivity index (χ1n) is 12.9. The fraction of sp³-hybridized carbons (Fsp3) is 0.571. The number of aliphatic hydroxyl groups is 1. The van der Waals surface area contributed by atoms with Gasteiger partial charge in [-0.3, -0.25) is 4.90 Å². The first-order valence-corrected chi connectivity index (χ1v) is 12.9. The lowest BCUT2D eigenvalue weighted by Crippen LogP contribution is -2.40. The maximum atomic E-state index is 9.75. The predicted octanol–water partition coefficient (Wildman–Crippen LogP) is 5.00. The number of aromatic nitrogens is 3. The molecule has 6 heteroatoms. The van der Waals surface area contributed by atoms with Gasteiger partial charge in [0.25, 0.3) is 0 Å². The average molecular weight is 463 g/mol. The standard InChI is InChI=1S/C28H38N4O2/c1-18(2)25-12-20(19(3)11-22(25)16-32-10-6-7-23(32)17-33)13-27-30-31-28(34-27)14-21-15-29-26-9-5-4-8-24(21)26/h4-5,8-9,11,15,18,20,22-23,25,29,33H,6-7,10,12-14,16-17H2,1-3H3/t20-,22-,23-,25-/m0/s1. The van der Waals surface area contributed by atoms with Crippen molar-refractivity contribution in [2.24, 2.45) is 23.7 Å². The molecule has 34 heavy (non-hydrogen) atoms. The Balaban J connectivity index is 1.27. The van der Waals surface area contributed by atoms with Gasteiger partial charge in [0, 0.05) is 36.1 Å². The van der Waals surface area contributed by atoms with Crippen molar-refractivity contribution in [1.29, 1.82) is 0 Å². The van der Waals surface area contributed by atoms with Gasteiger partial charge in [0.15, 0.2) is 0 Å². The van der Waals surface area contributed by atoms with Crippen molar-refractivity contribution in [3.05, 3.63) is 59.5 Å². The van der Waals surface area contributed by atoms with Gasteiger partial charge < -0.3 is 14.5 Å². The van der Waals surface area contributed by atoms with Gasteiger partial charge in [0.2, 0.25) is 11.8 Å². The van der Waals surface area contributed by atoms with Crippen LogP contribution in [0.15, 0.2) is 46.5 Å². The number of fused-ring (bicyclic) bond motifs is 1. The summed E-state index contributed by atoms with van der Waals surface area (Å²) in [4.78, 5) is 5.84. The number of aromatic amines is 1. The van der Waals surface area contributed by atoms with Crippen molar-refractivity contribution < 1.29 is 9.52 Å². The highest BCUT2D eigenvalue weighted by Crippen LogP contribution is 2.40. The normalized spacial score (nSPS) is 26.0. The van der Waals surface area contributed by atoms with Crippen LogP contribution in [0.25, 0.3) is 10.9 Å². The number of para-hydroxylation sites is 1. The monoisotopic (exact) mass is 462 g/mol. The molecule has 6 nitrogen and oxygen atoms in total. The molecule has 0 bridgehead atoms. The molecule has 1 aliphatic carbocycles. The molecule has 0 unspecified atom stereocenters. The van der Waals surface area contributed by atoms with E-state index in [2.05, 4.69) is 65.1 Å². The lowest BCUT2D eigenvalue weighted by Gasteiger charge is -2.39. The van der Waals surface area contributed by atoms with Crippen molar-refractivity contribution in [2.75, 3.05) is 19.7 Å². The topological polar surface area (TPSA) is 78.2 Å². The lowest BCUT2D eigenvalue weighted by molar-refractivity contribution is 0.117. The van der Waals surface area contributed by atoms with Crippen molar-refractivity contribution in [1.82, 2.24) is 20.1 Å². The summed E-state index contributed by atoms with van der Waals surface area (Å²) in [7, 11) is 0. The third-order valence-corrected chi connectivity index (χ3v) is 8.19. The first-order chi connectivity index (χ1) is 16.5. The second kappa shape index (κ2) is 10.0. The Bertz CT molecular complexity index is 1130. The molecule has 2 aliphatic rings. The SMILES string of the molecule is CC1=C[C@@H](CN2CCC[C@H]2CO)[C@H](C(C)C)C[C@H]1Cc1nnc(Cc2c[nH]c3ccccc23)o1. The second-order valence-corrected chi connectivity index (χ2v) is 10.7. The molecule has 2 N–H and O–H groups in total. The highest BCUT2D eigenvalue weighted by Gasteiger charge is 2.35. The smallest absolute Gasteiger partial charge is 0.221 e. The molecule has 3 aromatic rings. The highest BCUT2D eigenvalue weighted by molar-refractivity contribution is 5.83. The van der Waals surface area contributed by atoms with Crippen LogP contribution in [0.3, 0.4) is 0 Å². The molecule has 5 rings (SSSR count). The van der Waals surface area contributed by atoms with E-state index >= 15 is 0 Å². The van der Waals surface area contributed by atoms with Crippen LogP contribution in [0.1, 0.15) is 57.4 Å². The van der Waals surface area contributed by atoms with Gasteiger partial charge in [0.05, 0.1) is 13.0 Å². The van der Waals surface area contributed by atoms with Crippen molar-refractivity contribution in [3.8, 4) is 0 Å². The van der Waals surface area contributed by atoms with Crippen LogP contribution in [0.2, 0.25) is 0 Å². The first kappa shape index (κ1) is 23.3. The minimum Gasteiger partial charge on any atom is -0.425 e. The molecule has 0 spiro atoms. The zero-order valence-electron chi connectivity index (χ0n) is 20.7. The summed E-state index contributed by atoms with van der Waals surface area (Å²) in [6, 6.07) is 8.65. The number of H-pyrrole nitrogens is 1. The van der Waals surface area contributed by atoms with E-state index in [0.29, 0.717) is 42.0 Å². The summed E-state index contributed by atoms with van der Waals surface area (Å²) in [6.45, 7) is 9.43. The molecule has 1 fully saturated rings. The molecular formula is C28H38N4O2. The van der Waals surface area contributed by atoms with Crippen molar-refractivity contribution in [2.45, 2.75) is 58.9 Å². The Morgan fingerprint density at radius 2 is 2.03 bits per heavy atom. The van der Waals surface area contributed by atoms with Gasteiger partial charge in [-0.1, -0.05) is 43.7 Å². The van der Waals surface area contributed by atoms with E-state index in [4.69, 9.17) is 4.42 Å². The van der Waals surface area contributed by atoms with Crippen LogP contribution in [0, 0.1) is 23.7 Å². The maximum Gasteiger partial charge on any atom is 0.221 e. The molecule has 0 saturated carbocycles. The summed E-state index contributed by atoms with van der Waals surface area (Å²) in [6.07, 6.45) is 9.48. The van der Waals surface area contributed by atoms with Gasteiger partial charge in [0.1, 0.15) is 0 Å². The molecule has 2 aromatic heterocycles. The zero-order chi connectivity index (χ0) is 23.7. The molecule has 1 aliphatic heterocycles. The third kappa shape index (κ3) is 4.84.